The van der Waals surface area contributed by atoms with Gasteiger partial charge in [0.1, 0.15) is 6.73 Å². The van der Waals surface area contributed by atoms with E-state index in [0.717, 1.165) is 0 Å². The molecule has 0 atom stereocenters. The second-order valence-electron chi connectivity index (χ2n) is 3.21. The molecular formula is C8H11N5O4. The predicted octanol–water partition coefficient (Wildman–Crippen LogP) is -0.871. The highest BCUT2D eigenvalue weighted by Crippen LogP contribution is 2.05. The zero-order valence-corrected chi connectivity index (χ0v) is 8.98. The lowest BCUT2D eigenvalue weighted by Crippen LogP contribution is -2.26. The molecule has 9 nitrogen and oxygen atoms in total. The van der Waals surface area contributed by atoms with Crippen LogP contribution in [0.4, 0.5) is 5.95 Å². The van der Waals surface area contributed by atoms with E-state index in [1.807, 2.05) is 0 Å². The Morgan fingerprint density at radius 3 is 2.82 bits per heavy atom. The molecule has 0 bridgehead atoms. The van der Waals surface area contributed by atoms with Crippen LogP contribution in [0.3, 0.4) is 0 Å². The first-order chi connectivity index (χ1) is 8.11. The van der Waals surface area contributed by atoms with E-state index in [4.69, 9.17) is 4.74 Å². The van der Waals surface area contributed by atoms with Gasteiger partial charge in [0.15, 0.2) is 11.2 Å². The molecule has 17 heavy (non-hydrogen) atoms. The Hall–Kier alpha value is -2.13. The third-order valence-electron chi connectivity index (χ3n) is 2.04. The number of fused-ring (bicyclic) bond motifs is 1. The van der Waals surface area contributed by atoms with Gasteiger partial charge in [0.25, 0.3) is 5.56 Å². The van der Waals surface area contributed by atoms with Gasteiger partial charge in [-0.25, -0.2) is 4.79 Å². The van der Waals surface area contributed by atoms with Crippen LogP contribution >= 0.6 is 0 Å². The largest absolute Gasteiger partial charge is 0.359 e. The summed E-state index contributed by atoms with van der Waals surface area (Å²) in [6.45, 7) is 2.03. The lowest BCUT2D eigenvalue weighted by atomic mass is 10.5. The van der Waals surface area contributed by atoms with Crippen molar-refractivity contribution in [1.82, 2.24) is 19.9 Å². The smallest absolute Gasteiger partial charge is 0.325 e. The van der Waals surface area contributed by atoms with Crippen LogP contribution in [0.1, 0.15) is 6.92 Å². The first kappa shape index (κ1) is 11.4. The van der Waals surface area contributed by atoms with Crippen LogP contribution in [0.25, 0.3) is 11.2 Å². The molecule has 0 amide bonds. The molecule has 2 rings (SSSR count). The molecule has 0 aliphatic heterocycles. The van der Waals surface area contributed by atoms with Gasteiger partial charge in [0, 0.05) is 6.61 Å². The summed E-state index contributed by atoms with van der Waals surface area (Å²) in [5.74, 6) is -0.105. The number of hydroxylamine groups is 1. The molecule has 0 aromatic carbocycles. The molecule has 0 aliphatic rings. The Morgan fingerprint density at radius 1 is 1.35 bits per heavy atom. The van der Waals surface area contributed by atoms with Crippen molar-refractivity contribution in [3.05, 3.63) is 20.8 Å². The van der Waals surface area contributed by atoms with Crippen LogP contribution in [0, 0.1) is 0 Å². The van der Waals surface area contributed by atoms with Gasteiger partial charge in [-0.1, -0.05) is 0 Å². The summed E-state index contributed by atoms with van der Waals surface area (Å²) < 4.78 is 4.94. The molecule has 0 fully saturated rings. The molecule has 0 saturated heterocycles. The fourth-order valence-corrected chi connectivity index (χ4v) is 1.28. The molecular weight excluding hydrogens is 230 g/mol. The van der Waals surface area contributed by atoms with Gasteiger partial charge in [-0.2, -0.15) is 10.0 Å². The molecule has 0 unspecified atom stereocenters. The number of aromatic nitrogens is 4. The van der Waals surface area contributed by atoms with Crippen LogP contribution in [0.5, 0.6) is 0 Å². The second kappa shape index (κ2) is 4.39. The van der Waals surface area contributed by atoms with Gasteiger partial charge < -0.3 is 4.74 Å². The standard InChI is InChI=1S/C8H11N5O4/c1-2-17-3-13(16)7-10-5-4(6(14)12-7)9-8(15)11-5/h16H,2-3H2,1H3,(H3,9,10,11,12,14,15). The summed E-state index contributed by atoms with van der Waals surface area (Å²) in [6.07, 6.45) is 0. The monoisotopic (exact) mass is 241 g/mol. The Bertz CT molecular complexity index is 627. The summed E-state index contributed by atoms with van der Waals surface area (Å²) in [7, 11) is 0. The maximum absolute atomic E-state index is 11.5. The Labute approximate surface area is 94.0 Å². The number of hydrogen-bond donors (Lipinski definition) is 4. The molecule has 4 N–H and O–H groups in total. The number of aromatic amines is 3. The average molecular weight is 241 g/mol. The third kappa shape index (κ3) is 2.19. The predicted molar refractivity (Wildman–Crippen MR) is 58.1 cm³/mol. The number of imidazole rings is 1. The molecule has 9 heteroatoms. The number of nitrogens with zero attached hydrogens (tertiary/aromatic N) is 2. The molecule has 2 heterocycles. The van der Waals surface area contributed by atoms with E-state index in [1.165, 1.54) is 0 Å². The number of ether oxygens (including phenoxy) is 1. The van der Waals surface area contributed by atoms with Crippen LogP contribution in [0.15, 0.2) is 9.59 Å². The fourth-order valence-electron chi connectivity index (χ4n) is 1.28. The quantitative estimate of drug-likeness (QED) is 0.407. The Morgan fingerprint density at radius 2 is 2.12 bits per heavy atom. The van der Waals surface area contributed by atoms with Crippen molar-refractivity contribution < 1.29 is 9.94 Å². The van der Waals surface area contributed by atoms with Crippen molar-refractivity contribution in [3.8, 4) is 0 Å². The molecule has 0 radical (unpaired) electrons. The molecule has 2 aromatic rings. The van der Waals surface area contributed by atoms with E-state index in [-0.39, 0.29) is 23.8 Å². The van der Waals surface area contributed by atoms with Crippen LogP contribution in [0.2, 0.25) is 0 Å². The maximum Gasteiger partial charge on any atom is 0.325 e. The number of H-pyrrole nitrogens is 3. The van der Waals surface area contributed by atoms with Gasteiger partial charge in [-0.3, -0.25) is 25.0 Å². The van der Waals surface area contributed by atoms with E-state index in [0.29, 0.717) is 11.7 Å². The zero-order chi connectivity index (χ0) is 12.4. The van der Waals surface area contributed by atoms with Crippen molar-refractivity contribution in [2.45, 2.75) is 6.92 Å². The van der Waals surface area contributed by atoms with Gasteiger partial charge in [-0.05, 0) is 6.92 Å². The number of nitrogens with one attached hydrogen (secondary N) is 3. The first-order valence-corrected chi connectivity index (χ1v) is 4.88. The number of anilines is 1. The Balaban J connectivity index is 2.42. The zero-order valence-electron chi connectivity index (χ0n) is 8.98. The normalized spacial score (nSPS) is 10.9. The first-order valence-electron chi connectivity index (χ1n) is 4.88. The molecule has 0 saturated carbocycles. The fraction of sp³-hybridized carbons (Fsp3) is 0.375. The van der Waals surface area contributed by atoms with Crippen LogP contribution in [-0.4, -0.2) is 38.5 Å². The summed E-state index contributed by atoms with van der Waals surface area (Å²) in [6, 6.07) is 0. The van der Waals surface area contributed by atoms with Gasteiger partial charge in [0.2, 0.25) is 5.95 Å². The van der Waals surface area contributed by atoms with Gasteiger partial charge in [0.05, 0.1) is 0 Å². The minimum atomic E-state index is -0.557. The lowest BCUT2D eigenvalue weighted by Gasteiger charge is -2.13. The third-order valence-corrected chi connectivity index (χ3v) is 2.04. The van der Waals surface area contributed by atoms with E-state index >= 15 is 0 Å². The maximum atomic E-state index is 11.5. The summed E-state index contributed by atoms with van der Waals surface area (Å²) >= 11 is 0. The van der Waals surface area contributed by atoms with E-state index in [2.05, 4.69) is 19.9 Å². The van der Waals surface area contributed by atoms with Gasteiger partial charge in [-0.15, -0.1) is 0 Å². The van der Waals surface area contributed by atoms with E-state index < -0.39 is 11.2 Å². The number of rotatable bonds is 4. The second-order valence-corrected chi connectivity index (χ2v) is 3.21. The van der Waals surface area contributed by atoms with Crippen LogP contribution < -0.4 is 16.3 Å². The summed E-state index contributed by atoms with van der Waals surface area (Å²) in [4.78, 5) is 33.3. The summed E-state index contributed by atoms with van der Waals surface area (Å²) in [5.41, 5.74) is -0.990. The van der Waals surface area contributed by atoms with Crippen molar-refractivity contribution in [2.75, 3.05) is 18.4 Å². The van der Waals surface area contributed by atoms with Crippen molar-refractivity contribution in [3.63, 3.8) is 0 Å². The highest BCUT2D eigenvalue weighted by atomic mass is 16.6. The highest BCUT2D eigenvalue weighted by Gasteiger charge is 2.11. The van der Waals surface area contributed by atoms with E-state index in [1.54, 1.807) is 6.92 Å². The molecule has 92 valence electrons. The topological polar surface area (TPSA) is 127 Å². The van der Waals surface area contributed by atoms with Crippen LogP contribution in [-0.2, 0) is 4.74 Å². The van der Waals surface area contributed by atoms with Crippen molar-refractivity contribution in [1.29, 1.82) is 0 Å². The highest BCUT2D eigenvalue weighted by molar-refractivity contribution is 5.69. The van der Waals surface area contributed by atoms with Crippen molar-refractivity contribution in [2.24, 2.45) is 0 Å². The van der Waals surface area contributed by atoms with E-state index in [9.17, 15) is 14.8 Å². The summed E-state index contributed by atoms with van der Waals surface area (Å²) in [5, 5.41) is 10.2. The lowest BCUT2D eigenvalue weighted by molar-refractivity contribution is 0.0776. The minimum absolute atomic E-state index is 0.0311. The van der Waals surface area contributed by atoms with Crippen molar-refractivity contribution >= 4 is 17.1 Å². The SMILES string of the molecule is CCOCN(O)c1nc2[nH]c(=O)[nH]c2c(=O)[nH]1. The van der Waals surface area contributed by atoms with Gasteiger partial charge >= 0.3 is 5.69 Å². The number of hydrogen-bond acceptors (Lipinski definition) is 6. The molecule has 0 aliphatic carbocycles. The Kier molecular flexibility index (Phi) is 2.93. The molecule has 2 aromatic heterocycles. The average Bonchev–Trinajstić information content (AvgIpc) is 2.67. The molecule has 0 spiro atoms. The minimum Gasteiger partial charge on any atom is -0.359 e.